The van der Waals surface area contributed by atoms with Crippen molar-refractivity contribution in [3.05, 3.63) is 187 Å². The van der Waals surface area contributed by atoms with Crippen molar-refractivity contribution in [2.75, 3.05) is 4.90 Å². The number of nitrogens with zero attached hydrogens (tertiary/aromatic N) is 1. The molecule has 0 aromatic heterocycles. The van der Waals surface area contributed by atoms with E-state index in [-0.39, 0.29) is 5.41 Å². The highest BCUT2D eigenvalue weighted by Gasteiger charge is 2.36. The number of benzene rings is 10. The van der Waals surface area contributed by atoms with Gasteiger partial charge in [-0.1, -0.05) is 159 Å². The molecule has 11 aromatic carbocycles. The lowest BCUT2D eigenvalue weighted by Crippen LogP contribution is -2.16. The standard InChI is InChI=1S/C53H35N/c1-53(2)46-22-6-5-16-39(46)40-28-27-38(31-47(40)53)54(37-26-25-32-11-3-4-12-35(32)29-37)48-30-36-15-9-19-42-41-17-7-13-33-23-24-34-14-8-18-43(50(34)49(33)41)44-20-10-21-45(48)52(44)51(36)42/h3-31H,1-2H3. The van der Waals surface area contributed by atoms with Crippen LogP contribution in [0.25, 0.3) is 86.5 Å². The van der Waals surface area contributed by atoms with Crippen molar-refractivity contribution in [2.45, 2.75) is 19.3 Å². The van der Waals surface area contributed by atoms with Crippen molar-refractivity contribution in [3.63, 3.8) is 0 Å². The van der Waals surface area contributed by atoms with Crippen molar-refractivity contribution < 1.29 is 0 Å². The summed E-state index contributed by atoms with van der Waals surface area (Å²) in [5.41, 5.74) is 8.80. The molecule has 0 spiro atoms. The third-order valence-corrected chi connectivity index (χ3v) is 12.5. The molecule has 12 rings (SSSR count). The van der Waals surface area contributed by atoms with E-state index in [0.717, 1.165) is 11.4 Å². The van der Waals surface area contributed by atoms with Gasteiger partial charge in [0.15, 0.2) is 0 Å². The van der Waals surface area contributed by atoms with E-state index in [1.165, 1.54) is 103 Å². The van der Waals surface area contributed by atoms with Crippen LogP contribution >= 0.6 is 0 Å². The minimum absolute atomic E-state index is 0.116. The lowest BCUT2D eigenvalue weighted by atomic mass is 9.82. The fourth-order valence-corrected chi connectivity index (χ4v) is 10.0. The topological polar surface area (TPSA) is 3.24 Å². The van der Waals surface area contributed by atoms with E-state index in [0.29, 0.717) is 0 Å². The molecular weight excluding hydrogens is 651 g/mol. The Balaban J connectivity index is 1.24. The second kappa shape index (κ2) is 10.7. The maximum Gasteiger partial charge on any atom is 0.0546 e. The molecule has 0 bridgehead atoms. The van der Waals surface area contributed by atoms with Crippen LogP contribution < -0.4 is 4.90 Å². The van der Waals surface area contributed by atoms with Crippen LogP contribution in [-0.2, 0) is 5.41 Å². The van der Waals surface area contributed by atoms with Crippen molar-refractivity contribution in [3.8, 4) is 11.1 Å². The van der Waals surface area contributed by atoms with E-state index in [9.17, 15) is 0 Å². The van der Waals surface area contributed by atoms with Gasteiger partial charge in [0.25, 0.3) is 0 Å². The van der Waals surface area contributed by atoms with Gasteiger partial charge in [0, 0.05) is 27.6 Å². The van der Waals surface area contributed by atoms with Crippen LogP contribution in [0.1, 0.15) is 25.0 Å². The number of rotatable bonds is 3. The van der Waals surface area contributed by atoms with Crippen molar-refractivity contribution in [1.82, 2.24) is 0 Å². The summed E-state index contributed by atoms with van der Waals surface area (Å²) in [6.45, 7) is 4.75. The van der Waals surface area contributed by atoms with Crippen LogP contribution in [-0.4, -0.2) is 0 Å². The van der Waals surface area contributed by atoms with Gasteiger partial charge in [-0.2, -0.15) is 0 Å². The molecule has 252 valence electrons. The Hall–Kier alpha value is -6.70. The first kappa shape index (κ1) is 29.8. The Morgan fingerprint density at radius 1 is 0.333 bits per heavy atom. The van der Waals surface area contributed by atoms with Crippen molar-refractivity contribution in [1.29, 1.82) is 0 Å². The number of hydrogen-bond acceptors (Lipinski definition) is 1. The first-order valence-corrected chi connectivity index (χ1v) is 19.0. The summed E-state index contributed by atoms with van der Waals surface area (Å²) in [7, 11) is 0. The van der Waals surface area contributed by atoms with Crippen LogP contribution in [0.3, 0.4) is 0 Å². The van der Waals surface area contributed by atoms with Gasteiger partial charge in [0.05, 0.1) is 5.69 Å². The van der Waals surface area contributed by atoms with E-state index >= 15 is 0 Å². The number of hydrogen-bond donors (Lipinski definition) is 0. The van der Waals surface area contributed by atoms with Gasteiger partial charge < -0.3 is 4.90 Å². The first-order valence-electron chi connectivity index (χ1n) is 19.0. The van der Waals surface area contributed by atoms with Crippen LogP contribution in [0.5, 0.6) is 0 Å². The molecule has 1 nitrogen and oxygen atoms in total. The van der Waals surface area contributed by atoms with E-state index in [2.05, 4.69) is 195 Å². The van der Waals surface area contributed by atoms with Crippen molar-refractivity contribution in [2.24, 2.45) is 0 Å². The summed E-state index contributed by atoms with van der Waals surface area (Å²) in [6, 6.07) is 66.2. The fraction of sp³-hybridized carbons (Fsp3) is 0.0566. The Morgan fingerprint density at radius 3 is 1.57 bits per heavy atom. The van der Waals surface area contributed by atoms with Gasteiger partial charge in [0.2, 0.25) is 0 Å². The third-order valence-electron chi connectivity index (χ3n) is 12.5. The van der Waals surface area contributed by atoms with Crippen LogP contribution in [0.15, 0.2) is 176 Å². The second-order valence-electron chi connectivity index (χ2n) is 15.7. The van der Waals surface area contributed by atoms with Crippen LogP contribution in [0, 0.1) is 0 Å². The van der Waals surface area contributed by atoms with Gasteiger partial charge >= 0.3 is 0 Å². The maximum atomic E-state index is 2.52. The molecule has 1 aliphatic carbocycles. The van der Waals surface area contributed by atoms with E-state index < -0.39 is 0 Å². The SMILES string of the molecule is CC1(C)c2ccccc2-c2ccc(N(c3ccc4ccccc4c3)c3cc4cccc5c6cccc7ccc8cccc(c9cccc3c9c45)c8c76)cc21. The predicted octanol–water partition coefficient (Wildman–Crippen LogP) is 15.0. The van der Waals surface area contributed by atoms with Crippen molar-refractivity contribution >= 4 is 92.5 Å². The van der Waals surface area contributed by atoms with Crippen LogP contribution in [0.4, 0.5) is 17.1 Å². The Labute approximate surface area is 313 Å². The largest absolute Gasteiger partial charge is 0.310 e. The minimum atomic E-state index is -0.116. The maximum absolute atomic E-state index is 2.52. The molecule has 0 atom stereocenters. The van der Waals surface area contributed by atoms with E-state index in [1.807, 2.05) is 0 Å². The lowest BCUT2D eigenvalue weighted by molar-refractivity contribution is 0.660. The molecule has 1 aliphatic rings. The quantitative estimate of drug-likeness (QED) is 0.167. The van der Waals surface area contributed by atoms with Gasteiger partial charge in [-0.15, -0.1) is 0 Å². The molecule has 0 amide bonds. The summed E-state index contributed by atoms with van der Waals surface area (Å²) in [4.78, 5) is 2.52. The number of anilines is 3. The molecule has 0 N–H and O–H groups in total. The Morgan fingerprint density at radius 2 is 0.833 bits per heavy atom. The summed E-state index contributed by atoms with van der Waals surface area (Å²) in [5, 5.41) is 18.0. The van der Waals surface area contributed by atoms with Gasteiger partial charge in [0.1, 0.15) is 0 Å². The zero-order valence-electron chi connectivity index (χ0n) is 30.2. The van der Waals surface area contributed by atoms with Gasteiger partial charge in [-0.05, 0) is 117 Å². The highest BCUT2D eigenvalue weighted by molar-refractivity contribution is 6.38. The average molecular weight is 686 g/mol. The molecule has 54 heavy (non-hydrogen) atoms. The fourth-order valence-electron chi connectivity index (χ4n) is 10.0. The van der Waals surface area contributed by atoms with E-state index in [4.69, 9.17) is 0 Å². The molecule has 0 saturated heterocycles. The summed E-state index contributed by atoms with van der Waals surface area (Å²) >= 11 is 0. The highest BCUT2D eigenvalue weighted by atomic mass is 15.1. The Bertz CT molecular complexity index is 3370. The first-order chi connectivity index (χ1) is 26.5. The normalized spacial score (nSPS) is 13.5. The zero-order valence-corrected chi connectivity index (χ0v) is 30.2. The molecule has 0 unspecified atom stereocenters. The molecule has 0 radical (unpaired) electrons. The number of fused-ring (bicyclic) bond motifs is 6. The van der Waals surface area contributed by atoms with Gasteiger partial charge in [-0.25, -0.2) is 0 Å². The molecule has 1 heteroatoms. The predicted molar refractivity (Wildman–Crippen MR) is 232 cm³/mol. The Kier molecular flexibility index (Phi) is 5.90. The summed E-state index contributed by atoms with van der Waals surface area (Å²) < 4.78 is 0. The highest BCUT2D eigenvalue weighted by Crippen LogP contribution is 2.52. The third kappa shape index (κ3) is 3.94. The molecule has 0 saturated carbocycles. The second-order valence-corrected chi connectivity index (χ2v) is 15.7. The molecule has 0 heterocycles. The minimum Gasteiger partial charge on any atom is -0.310 e. The summed E-state index contributed by atoms with van der Waals surface area (Å²) in [5.74, 6) is 0. The lowest BCUT2D eigenvalue weighted by Gasteiger charge is -2.30. The molecular formula is C53H35N. The molecule has 0 fully saturated rings. The van der Waals surface area contributed by atoms with Crippen LogP contribution in [0.2, 0.25) is 0 Å². The molecule has 0 aliphatic heterocycles. The monoisotopic (exact) mass is 685 g/mol. The van der Waals surface area contributed by atoms with E-state index in [1.54, 1.807) is 0 Å². The average Bonchev–Trinajstić information content (AvgIpc) is 3.44. The smallest absolute Gasteiger partial charge is 0.0546 e. The zero-order chi connectivity index (χ0) is 35.7. The molecule has 11 aromatic rings. The van der Waals surface area contributed by atoms with Gasteiger partial charge in [-0.3, -0.25) is 0 Å². The summed E-state index contributed by atoms with van der Waals surface area (Å²) in [6.07, 6.45) is 0.